The second kappa shape index (κ2) is 4.90. The Morgan fingerprint density at radius 2 is 2.20 bits per heavy atom. The van der Waals surface area contributed by atoms with Crippen LogP contribution in [0.25, 0.3) is 5.69 Å². The van der Waals surface area contributed by atoms with Gasteiger partial charge in [-0.3, -0.25) is 0 Å². The van der Waals surface area contributed by atoms with Crippen LogP contribution in [0.4, 0.5) is 0 Å². The Hall–Kier alpha value is -1.88. The van der Waals surface area contributed by atoms with Crippen LogP contribution in [-0.4, -0.2) is 26.1 Å². The van der Waals surface area contributed by atoms with Gasteiger partial charge in [0.1, 0.15) is 0 Å². The van der Waals surface area contributed by atoms with Crippen molar-refractivity contribution in [1.29, 1.82) is 0 Å². The van der Waals surface area contributed by atoms with Crippen LogP contribution in [0.1, 0.15) is 46.9 Å². The van der Waals surface area contributed by atoms with E-state index in [1.807, 2.05) is 19.1 Å². The quantitative estimate of drug-likeness (QED) is 0.943. The molecule has 6 heteroatoms. The van der Waals surface area contributed by atoms with Crippen LogP contribution in [0.2, 0.25) is 5.02 Å². The molecular formula is C14H14ClN3O2. The number of aromatic nitrogens is 3. The maximum absolute atomic E-state index is 11.3. The predicted molar refractivity (Wildman–Crippen MR) is 74.7 cm³/mol. The van der Waals surface area contributed by atoms with Gasteiger partial charge >= 0.3 is 5.97 Å². The molecule has 104 valence electrons. The molecule has 1 fully saturated rings. The standard InChI is InChI=1S/C14H14ClN3O2/c1-8-7-10(15)5-6-11(8)18-13(9-3-2-4-9)12(14(19)20)16-17-18/h5-7,9H,2-4H2,1H3,(H,19,20). The second-order valence-electron chi connectivity index (χ2n) is 5.10. The highest BCUT2D eigenvalue weighted by Crippen LogP contribution is 2.38. The van der Waals surface area contributed by atoms with Crippen molar-refractivity contribution >= 4 is 17.6 Å². The van der Waals surface area contributed by atoms with Crippen LogP contribution in [0.5, 0.6) is 0 Å². The van der Waals surface area contributed by atoms with Crippen molar-refractivity contribution in [3.63, 3.8) is 0 Å². The topological polar surface area (TPSA) is 68.0 Å². The fourth-order valence-electron chi connectivity index (χ4n) is 2.52. The number of aryl methyl sites for hydroxylation is 1. The fraction of sp³-hybridized carbons (Fsp3) is 0.357. The zero-order chi connectivity index (χ0) is 14.3. The zero-order valence-electron chi connectivity index (χ0n) is 11.0. The van der Waals surface area contributed by atoms with Gasteiger partial charge in [0.05, 0.1) is 11.4 Å². The summed E-state index contributed by atoms with van der Waals surface area (Å²) < 4.78 is 1.65. The van der Waals surface area contributed by atoms with Gasteiger partial charge in [-0.2, -0.15) is 0 Å². The lowest BCUT2D eigenvalue weighted by Gasteiger charge is -2.26. The molecule has 20 heavy (non-hydrogen) atoms. The van der Waals surface area contributed by atoms with Gasteiger partial charge in [-0.05, 0) is 43.5 Å². The van der Waals surface area contributed by atoms with E-state index >= 15 is 0 Å². The summed E-state index contributed by atoms with van der Waals surface area (Å²) in [7, 11) is 0. The molecule has 1 N–H and O–H groups in total. The highest BCUT2D eigenvalue weighted by Gasteiger charge is 2.31. The van der Waals surface area contributed by atoms with Gasteiger partial charge in [0.15, 0.2) is 5.69 Å². The molecule has 3 rings (SSSR count). The van der Waals surface area contributed by atoms with Gasteiger partial charge in [-0.25, -0.2) is 9.48 Å². The van der Waals surface area contributed by atoms with Gasteiger partial charge in [-0.1, -0.05) is 23.2 Å². The van der Waals surface area contributed by atoms with E-state index in [9.17, 15) is 9.90 Å². The summed E-state index contributed by atoms with van der Waals surface area (Å²) in [5.41, 5.74) is 2.54. The molecule has 0 spiro atoms. The number of hydrogen-bond acceptors (Lipinski definition) is 3. The average molecular weight is 292 g/mol. The molecule has 2 aromatic rings. The Bertz CT molecular complexity index is 677. The Kier molecular flexibility index (Phi) is 3.22. The summed E-state index contributed by atoms with van der Waals surface area (Å²) in [5.74, 6) is -0.795. The first kappa shape index (κ1) is 13.1. The van der Waals surface area contributed by atoms with Crippen LogP contribution >= 0.6 is 11.6 Å². The molecule has 1 aliphatic rings. The van der Waals surface area contributed by atoms with Crippen LogP contribution in [0.3, 0.4) is 0 Å². The molecule has 0 amide bonds. The number of carbonyl (C=O) groups is 1. The van der Waals surface area contributed by atoms with Crippen LogP contribution in [-0.2, 0) is 0 Å². The van der Waals surface area contributed by atoms with Crippen molar-refractivity contribution < 1.29 is 9.90 Å². The Morgan fingerprint density at radius 3 is 2.75 bits per heavy atom. The molecule has 1 aromatic carbocycles. The summed E-state index contributed by atoms with van der Waals surface area (Å²) in [5, 5.41) is 17.8. The molecule has 0 radical (unpaired) electrons. The molecule has 0 unspecified atom stereocenters. The third-order valence-corrected chi connectivity index (χ3v) is 4.02. The number of benzene rings is 1. The van der Waals surface area contributed by atoms with E-state index in [-0.39, 0.29) is 11.6 Å². The minimum absolute atomic E-state index is 0.0593. The van der Waals surface area contributed by atoms with Crippen LogP contribution in [0, 0.1) is 6.92 Å². The van der Waals surface area contributed by atoms with Crippen molar-refractivity contribution in [3.8, 4) is 5.69 Å². The molecule has 1 heterocycles. The van der Waals surface area contributed by atoms with Gasteiger partial charge in [0.25, 0.3) is 0 Å². The lowest BCUT2D eigenvalue weighted by atomic mass is 9.82. The lowest BCUT2D eigenvalue weighted by Crippen LogP contribution is -2.18. The first-order valence-electron chi connectivity index (χ1n) is 6.53. The van der Waals surface area contributed by atoms with E-state index in [4.69, 9.17) is 11.6 Å². The average Bonchev–Trinajstić information content (AvgIpc) is 2.71. The van der Waals surface area contributed by atoms with Gasteiger partial charge in [0.2, 0.25) is 0 Å². The number of carboxylic acid groups (broad SMARTS) is 1. The highest BCUT2D eigenvalue weighted by molar-refractivity contribution is 6.30. The number of nitrogens with zero attached hydrogens (tertiary/aromatic N) is 3. The SMILES string of the molecule is Cc1cc(Cl)ccc1-n1nnc(C(=O)O)c1C1CCC1. The minimum Gasteiger partial charge on any atom is -0.476 e. The van der Waals surface area contributed by atoms with Crippen molar-refractivity contribution in [2.75, 3.05) is 0 Å². The van der Waals surface area contributed by atoms with Crippen LogP contribution < -0.4 is 0 Å². The van der Waals surface area contributed by atoms with Gasteiger partial charge in [0, 0.05) is 10.9 Å². The predicted octanol–water partition coefficient (Wildman–Crippen LogP) is 3.19. The van der Waals surface area contributed by atoms with E-state index in [0.717, 1.165) is 30.5 Å². The van der Waals surface area contributed by atoms with Crippen molar-refractivity contribution in [2.24, 2.45) is 0 Å². The van der Waals surface area contributed by atoms with E-state index in [2.05, 4.69) is 10.3 Å². The number of carboxylic acids is 1. The molecule has 0 atom stereocenters. The zero-order valence-corrected chi connectivity index (χ0v) is 11.8. The molecule has 0 bridgehead atoms. The summed E-state index contributed by atoms with van der Waals surface area (Å²) in [6.07, 6.45) is 3.09. The van der Waals surface area contributed by atoms with E-state index in [1.54, 1.807) is 10.7 Å². The molecule has 5 nitrogen and oxygen atoms in total. The maximum atomic E-state index is 11.3. The van der Waals surface area contributed by atoms with Crippen molar-refractivity contribution in [2.45, 2.75) is 32.1 Å². The smallest absolute Gasteiger partial charge is 0.358 e. The summed E-state index contributed by atoms with van der Waals surface area (Å²) >= 11 is 5.96. The molecule has 1 aliphatic carbocycles. The third-order valence-electron chi connectivity index (χ3n) is 3.79. The van der Waals surface area contributed by atoms with E-state index in [1.165, 1.54) is 0 Å². The lowest BCUT2D eigenvalue weighted by molar-refractivity contribution is 0.0687. The largest absolute Gasteiger partial charge is 0.476 e. The Morgan fingerprint density at radius 1 is 1.45 bits per heavy atom. The minimum atomic E-state index is -1.02. The molecule has 1 aromatic heterocycles. The number of halogens is 1. The van der Waals surface area contributed by atoms with Gasteiger partial charge in [-0.15, -0.1) is 5.10 Å². The normalized spacial score (nSPS) is 15.1. The summed E-state index contributed by atoms with van der Waals surface area (Å²) in [6, 6.07) is 5.46. The van der Waals surface area contributed by atoms with Crippen molar-refractivity contribution in [1.82, 2.24) is 15.0 Å². The van der Waals surface area contributed by atoms with E-state index < -0.39 is 5.97 Å². The van der Waals surface area contributed by atoms with E-state index in [0.29, 0.717) is 10.7 Å². The third kappa shape index (κ3) is 2.08. The first-order chi connectivity index (χ1) is 9.58. The first-order valence-corrected chi connectivity index (χ1v) is 6.91. The summed E-state index contributed by atoms with van der Waals surface area (Å²) in [4.78, 5) is 11.3. The number of aromatic carboxylic acids is 1. The Labute approximate surface area is 121 Å². The number of rotatable bonds is 3. The number of hydrogen-bond donors (Lipinski definition) is 1. The fourth-order valence-corrected chi connectivity index (χ4v) is 2.75. The van der Waals surface area contributed by atoms with Crippen LogP contribution in [0.15, 0.2) is 18.2 Å². The van der Waals surface area contributed by atoms with Gasteiger partial charge < -0.3 is 5.11 Å². The second-order valence-corrected chi connectivity index (χ2v) is 5.54. The summed E-state index contributed by atoms with van der Waals surface area (Å²) in [6.45, 7) is 1.92. The molecule has 1 saturated carbocycles. The maximum Gasteiger partial charge on any atom is 0.358 e. The molecule has 0 saturated heterocycles. The molecular weight excluding hydrogens is 278 g/mol. The monoisotopic (exact) mass is 291 g/mol. The highest BCUT2D eigenvalue weighted by atomic mass is 35.5. The van der Waals surface area contributed by atoms with Crippen molar-refractivity contribution in [3.05, 3.63) is 40.2 Å². The molecule has 0 aliphatic heterocycles. The Balaban J connectivity index is 2.15.